The first-order chi connectivity index (χ1) is 6.36. The smallest absolute Gasteiger partial charge is 0.141 e. The van der Waals surface area contributed by atoms with Gasteiger partial charge in [0.1, 0.15) is 16.3 Å². The molecule has 3 rings (SSSR count). The first kappa shape index (κ1) is 7.67. The number of hydrogen-bond acceptors (Lipinski definition) is 4. The van der Waals surface area contributed by atoms with E-state index in [2.05, 4.69) is 21.4 Å². The maximum Gasteiger partial charge on any atom is 0.141 e. The minimum absolute atomic E-state index is 0.551. The van der Waals surface area contributed by atoms with Crippen molar-refractivity contribution in [2.24, 2.45) is 0 Å². The highest BCUT2D eigenvalue weighted by Crippen LogP contribution is 2.38. The van der Waals surface area contributed by atoms with Crippen LogP contribution in [0.3, 0.4) is 0 Å². The summed E-state index contributed by atoms with van der Waals surface area (Å²) in [6.07, 6.45) is 1.50. The predicted octanol–water partition coefficient (Wildman–Crippen LogP) is 3.56. The molecule has 3 aromatic rings. The molecule has 0 amide bonds. The van der Waals surface area contributed by atoms with Crippen LogP contribution >= 0.6 is 34.3 Å². The summed E-state index contributed by atoms with van der Waals surface area (Å²) in [5.41, 5.74) is 0. The zero-order chi connectivity index (χ0) is 8.84. The second-order valence-electron chi connectivity index (χ2n) is 2.57. The van der Waals surface area contributed by atoms with E-state index in [-0.39, 0.29) is 0 Å². The second-order valence-corrected chi connectivity index (χ2v) is 5.10. The quantitative estimate of drug-likeness (QED) is 0.548. The Morgan fingerprint density at radius 1 is 1.31 bits per heavy atom. The largest absolute Gasteiger partial charge is 0.225 e. The van der Waals surface area contributed by atoms with Crippen LogP contribution < -0.4 is 0 Å². The summed E-state index contributed by atoms with van der Waals surface area (Å²) in [5, 5.41) is 4.78. The molecule has 0 atom stereocenters. The number of fused-ring (bicyclic) bond motifs is 3. The van der Waals surface area contributed by atoms with E-state index in [1.54, 1.807) is 22.7 Å². The minimum Gasteiger partial charge on any atom is -0.225 e. The molecule has 13 heavy (non-hydrogen) atoms. The van der Waals surface area contributed by atoms with Gasteiger partial charge in [-0.05, 0) is 11.4 Å². The van der Waals surface area contributed by atoms with Crippen molar-refractivity contribution < 1.29 is 0 Å². The Balaban J connectivity index is 2.68. The van der Waals surface area contributed by atoms with E-state index < -0.39 is 0 Å². The monoisotopic (exact) mass is 226 g/mol. The summed E-state index contributed by atoms with van der Waals surface area (Å²) in [4.78, 5) is 9.13. The minimum atomic E-state index is 0.551. The third-order valence-electron chi connectivity index (χ3n) is 1.85. The predicted molar refractivity (Wildman–Crippen MR) is 57.8 cm³/mol. The van der Waals surface area contributed by atoms with Crippen LogP contribution in [0.5, 0.6) is 0 Å². The molecule has 0 unspecified atom stereocenters. The fraction of sp³-hybridized carbons (Fsp3) is 0. The molecule has 0 aliphatic rings. The van der Waals surface area contributed by atoms with Crippen LogP contribution in [-0.4, -0.2) is 9.97 Å². The molecule has 2 nitrogen and oxygen atoms in total. The van der Waals surface area contributed by atoms with E-state index >= 15 is 0 Å². The molecule has 0 aromatic carbocycles. The maximum atomic E-state index is 5.99. The van der Waals surface area contributed by atoms with Crippen molar-refractivity contribution in [2.75, 3.05) is 0 Å². The number of rotatable bonds is 0. The summed E-state index contributed by atoms with van der Waals surface area (Å²) < 4.78 is 1.26. The molecular weight excluding hydrogens is 224 g/mol. The highest BCUT2D eigenvalue weighted by Gasteiger charge is 2.10. The fourth-order valence-electron chi connectivity index (χ4n) is 1.30. The van der Waals surface area contributed by atoms with E-state index in [1.165, 1.54) is 15.7 Å². The molecule has 0 saturated carbocycles. The Kier molecular flexibility index (Phi) is 1.56. The molecule has 5 heteroatoms. The third-order valence-corrected chi connectivity index (χ3v) is 4.29. The van der Waals surface area contributed by atoms with Crippen LogP contribution in [0.2, 0.25) is 5.15 Å². The average Bonchev–Trinajstić information content (AvgIpc) is 2.62. The summed E-state index contributed by atoms with van der Waals surface area (Å²) >= 11 is 9.37. The standard InChI is InChI=1S/C8H3ClN2S2/c9-6-5-4-1-2-12-8(4)13-7(5)11-3-10-6/h1-3H. The van der Waals surface area contributed by atoms with Crippen molar-refractivity contribution in [2.45, 2.75) is 0 Å². The molecule has 64 valence electrons. The Morgan fingerprint density at radius 3 is 3.15 bits per heavy atom. The topological polar surface area (TPSA) is 25.8 Å². The van der Waals surface area contributed by atoms with Gasteiger partial charge in [0.15, 0.2) is 0 Å². The van der Waals surface area contributed by atoms with Gasteiger partial charge in [-0.1, -0.05) is 11.6 Å². The van der Waals surface area contributed by atoms with Crippen LogP contribution in [0.25, 0.3) is 19.6 Å². The van der Waals surface area contributed by atoms with Crippen LogP contribution in [0.1, 0.15) is 0 Å². The number of hydrogen-bond donors (Lipinski definition) is 0. The zero-order valence-corrected chi connectivity index (χ0v) is 8.71. The normalized spacial score (nSPS) is 11.5. The highest BCUT2D eigenvalue weighted by atomic mass is 35.5. The molecule has 0 fully saturated rings. The number of halogens is 1. The molecule has 3 heterocycles. The molecule has 0 N–H and O–H groups in total. The first-order valence-corrected chi connectivity index (χ1v) is 5.70. The van der Waals surface area contributed by atoms with Gasteiger partial charge in [0.2, 0.25) is 0 Å². The van der Waals surface area contributed by atoms with E-state index in [0.29, 0.717) is 5.15 Å². The molecule has 0 radical (unpaired) electrons. The van der Waals surface area contributed by atoms with E-state index in [4.69, 9.17) is 11.6 Å². The van der Waals surface area contributed by atoms with Gasteiger partial charge in [-0.15, -0.1) is 22.7 Å². The summed E-state index contributed by atoms with van der Waals surface area (Å²) in [6.45, 7) is 0. The number of nitrogens with zero attached hydrogens (tertiary/aromatic N) is 2. The average molecular weight is 227 g/mol. The van der Waals surface area contributed by atoms with Gasteiger partial charge in [-0.2, -0.15) is 0 Å². The van der Waals surface area contributed by atoms with Crippen LogP contribution in [0.15, 0.2) is 17.8 Å². The summed E-state index contributed by atoms with van der Waals surface area (Å²) in [6, 6.07) is 2.06. The van der Waals surface area contributed by atoms with Crippen LogP contribution in [0, 0.1) is 0 Å². The Morgan fingerprint density at radius 2 is 2.23 bits per heavy atom. The second kappa shape index (κ2) is 2.64. The SMILES string of the molecule is Clc1ncnc2sc3sccc3c12. The summed E-state index contributed by atoms with van der Waals surface area (Å²) in [5.74, 6) is 0. The van der Waals surface area contributed by atoms with Gasteiger partial charge >= 0.3 is 0 Å². The van der Waals surface area contributed by atoms with Crippen molar-refractivity contribution in [3.05, 3.63) is 22.9 Å². The number of thiophene rings is 2. The van der Waals surface area contributed by atoms with E-state index in [0.717, 1.165) is 10.2 Å². The van der Waals surface area contributed by atoms with Gasteiger partial charge in [-0.3, -0.25) is 0 Å². The van der Waals surface area contributed by atoms with Gasteiger partial charge in [0, 0.05) is 5.39 Å². The zero-order valence-electron chi connectivity index (χ0n) is 6.32. The lowest BCUT2D eigenvalue weighted by Gasteiger charge is -1.89. The first-order valence-electron chi connectivity index (χ1n) is 3.62. The van der Waals surface area contributed by atoms with Crippen molar-refractivity contribution in [3.63, 3.8) is 0 Å². The lowest BCUT2D eigenvalue weighted by molar-refractivity contribution is 1.24. The lowest BCUT2D eigenvalue weighted by atomic mass is 10.3. The third kappa shape index (κ3) is 0.995. The summed E-state index contributed by atoms with van der Waals surface area (Å²) in [7, 11) is 0. The maximum absolute atomic E-state index is 5.99. The van der Waals surface area contributed by atoms with Gasteiger partial charge in [0.25, 0.3) is 0 Å². The molecule has 0 saturated heterocycles. The highest BCUT2D eigenvalue weighted by molar-refractivity contribution is 7.40. The van der Waals surface area contributed by atoms with Crippen molar-refractivity contribution in [1.82, 2.24) is 9.97 Å². The molecule has 3 aromatic heterocycles. The Labute approximate surface area is 86.8 Å². The van der Waals surface area contributed by atoms with Gasteiger partial charge in [-0.25, -0.2) is 9.97 Å². The lowest BCUT2D eigenvalue weighted by Crippen LogP contribution is -1.77. The molecule has 0 aliphatic heterocycles. The Bertz CT molecular complexity index is 584. The van der Waals surface area contributed by atoms with E-state index in [9.17, 15) is 0 Å². The van der Waals surface area contributed by atoms with E-state index in [1.807, 2.05) is 0 Å². The fourth-order valence-corrected chi connectivity index (χ4v) is 3.68. The van der Waals surface area contributed by atoms with Crippen molar-refractivity contribution in [1.29, 1.82) is 0 Å². The molecule has 0 spiro atoms. The molecular formula is C8H3ClN2S2. The van der Waals surface area contributed by atoms with Gasteiger partial charge < -0.3 is 0 Å². The van der Waals surface area contributed by atoms with Crippen LogP contribution in [-0.2, 0) is 0 Å². The van der Waals surface area contributed by atoms with Crippen molar-refractivity contribution in [3.8, 4) is 0 Å². The van der Waals surface area contributed by atoms with Crippen LogP contribution in [0.4, 0.5) is 0 Å². The number of aromatic nitrogens is 2. The van der Waals surface area contributed by atoms with Gasteiger partial charge in [0.05, 0.1) is 9.40 Å². The molecule has 0 bridgehead atoms. The van der Waals surface area contributed by atoms with Crippen molar-refractivity contribution >= 4 is 53.9 Å². The molecule has 0 aliphatic carbocycles. The Hall–Kier alpha value is -0.710.